The molecule has 1 aliphatic rings. The molecule has 0 aromatic heterocycles. The van der Waals surface area contributed by atoms with Gasteiger partial charge in [0.1, 0.15) is 6.17 Å². The first-order valence-electron chi connectivity index (χ1n) is 3.07. The molecule has 1 aliphatic carbocycles. The third-order valence-electron chi connectivity index (χ3n) is 1.59. The average molecular weight is 181 g/mol. The molecule has 0 atom stereocenters. The topological polar surface area (TPSA) is 0 Å². The van der Waals surface area contributed by atoms with Gasteiger partial charge in [-0.15, -0.1) is 0 Å². The second-order valence-electron chi connectivity index (χ2n) is 2.35. The Morgan fingerprint density at radius 3 is 2.00 bits per heavy atom. The highest BCUT2D eigenvalue weighted by molar-refractivity contribution is 9.09. The van der Waals surface area contributed by atoms with E-state index in [0.717, 1.165) is 25.7 Å². The lowest BCUT2D eigenvalue weighted by Crippen LogP contribution is -2.13. The fourth-order valence-corrected chi connectivity index (χ4v) is 1.54. The molecule has 0 unspecified atom stereocenters. The van der Waals surface area contributed by atoms with Crippen molar-refractivity contribution in [3.8, 4) is 0 Å². The van der Waals surface area contributed by atoms with Gasteiger partial charge in [0.05, 0.1) is 0 Å². The van der Waals surface area contributed by atoms with Gasteiger partial charge in [-0.05, 0) is 25.7 Å². The molecule has 0 bridgehead atoms. The lowest BCUT2D eigenvalue weighted by molar-refractivity contribution is 0.256. The van der Waals surface area contributed by atoms with E-state index in [2.05, 4.69) is 15.9 Å². The van der Waals surface area contributed by atoms with E-state index in [1.54, 1.807) is 0 Å². The summed E-state index contributed by atoms with van der Waals surface area (Å²) in [4.78, 5) is 0.592. The van der Waals surface area contributed by atoms with Crippen molar-refractivity contribution in [2.24, 2.45) is 0 Å². The van der Waals surface area contributed by atoms with Crippen LogP contribution in [0.1, 0.15) is 25.7 Å². The molecule has 0 saturated heterocycles. The molecule has 0 nitrogen and oxygen atoms in total. The van der Waals surface area contributed by atoms with Crippen molar-refractivity contribution >= 4 is 15.9 Å². The van der Waals surface area contributed by atoms with Gasteiger partial charge in [-0.1, -0.05) is 15.9 Å². The van der Waals surface area contributed by atoms with E-state index >= 15 is 0 Å². The van der Waals surface area contributed by atoms with Crippen molar-refractivity contribution in [2.75, 3.05) is 0 Å². The van der Waals surface area contributed by atoms with Gasteiger partial charge in [0.25, 0.3) is 0 Å². The summed E-state index contributed by atoms with van der Waals surface area (Å²) in [7, 11) is 0. The summed E-state index contributed by atoms with van der Waals surface area (Å²) < 4.78 is 12.3. The molecule has 1 saturated carbocycles. The van der Waals surface area contributed by atoms with Crippen LogP contribution in [0.25, 0.3) is 0 Å². The molecule has 0 aromatic rings. The number of hydrogen-bond donors (Lipinski definition) is 0. The van der Waals surface area contributed by atoms with Gasteiger partial charge in [0.15, 0.2) is 0 Å². The maximum atomic E-state index is 12.3. The van der Waals surface area contributed by atoms with Crippen molar-refractivity contribution < 1.29 is 4.39 Å². The molecule has 0 N–H and O–H groups in total. The predicted octanol–water partition coefficient (Wildman–Crippen LogP) is 2.66. The van der Waals surface area contributed by atoms with Gasteiger partial charge in [-0.25, -0.2) is 4.39 Å². The zero-order valence-corrected chi connectivity index (χ0v) is 6.33. The summed E-state index contributed by atoms with van der Waals surface area (Å²) in [6.07, 6.45) is 3.04. The fourth-order valence-electron chi connectivity index (χ4n) is 1.01. The minimum Gasteiger partial charge on any atom is -0.247 e. The second kappa shape index (κ2) is 2.81. The molecule has 2 heteroatoms. The van der Waals surface area contributed by atoms with Gasteiger partial charge in [0.2, 0.25) is 0 Å². The Morgan fingerprint density at radius 1 is 1.12 bits per heavy atom. The Kier molecular flexibility index (Phi) is 2.29. The van der Waals surface area contributed by atoms with Crippen molar-refractivity contribution in [2.45, 2.75) is 36.7 Å². The lowest BCUT2D eigenvalue weighted by Gasteiger charge is -2.18. The fraction of sp³-hybridized carbons (Fsp3) is 1.00. The van der Waals surface area contributed by atoms with E-state index in [4.69, 9.17) is 0 Å². The van der Waals surface area contributed by atoms with E-state index in [1.807, 2.05) is 0 Å². The van der Waals surface area contributed by atoms with Crippen LogP contribution < -0.4 is 0 Å². The molecule has 0 aliphatic heterocycles. The highest BCUT2D eigenvalue weighted by Gasteiger charge is 2.17. The Labute approximate surface area is 57.6 Å². The van der Waals surface area contributed by atoms with Gasteiger partial charge < -0.3 is 0 Å². The molecule has 0 amide bonds. The first kappa shape index (κ1) is 6.53. The van der Waals surface area contributed by atoms with E-state index in [0.29, 0.717) is 4.83 Å². The Hall–Kier alpha value is 0.410. The summed E-state index contributed by atoms with van der Waals surface area (Å²) in [6.45, 7) is 0. The van der Waals surface area contributed by atoms with Crippen LogP contribution in [0.5, 0.6) is 0 Å². The number of halogens is 2. The zero-order chi connectivity index (χ0) is 5.98. The van der Waals surface area contributed by atoms with E-state index < -0.39 is 6.17 Å². The van der Waals surface area contributed by atoms with E-state index in [-0.39, 0.29) is 0 Å². The molecule has 48 valence electrons. The molecule has 0 heterocycles. The minimum absolute atomic E-state index is 0.510. The van der Waals surface area contributed by atoms with Crippen LogP contribution in [-0.2, 0) is 0 Å². The SMILES string of the molecule is FC1CCC(Br)CC1. The summed E-state index contributed by atoms with van der Waals surface area (Å²) in [6, 6.07) is 0. The van der Waals surface area contributed by atoms with Crippen molar-refractivity contribution in [1.29, 1.82) is 0 Å². The standard InChI is InChI=1S/C6H10BrF/c7-5-1-3-6(8)4-2-5/h5-6H,1-4H2. The zero-order valence-electron chi connectivity index (χ0n) is 4.74. The highest BCUT2D eigenvalue weighted by atomic mass is 79.9. The molecule has 0 radical (unpaired) electrons. The van der Waals surface area contributed by atoms with Crippen molar-refractivity contribution in [3.63, 3.8) is 0 Å². The summed E-state index contributed by atoms with van der Waals surface area (Å²) in [5.41, 5.74) is 0. The molecular weight excluding hydrogens is 171 g/mol. The van der Waals surface area contributed by atoms with Crippen LogP contribution in [0, 0.1) is 0 Å². The maximum absolute atomic E-state index is 12.3. The van der Waals surface area contributed by atoms with Gasteiger partial charge in [-0.2, -0.15) is 0 Å². The molecule has 8 heavy (non-hydrogen) atoms. The van der Waals surface area contributed by atoms with Crippen LogP contribution in [0.3, 0.4) is 0 Å². The first-order chi connectivity index (χ1) is 3.79. The summed E-state index contributed by atoms with van der Waals surface area (Å²) >= 11 is 3.45. The smallest absolute Gasteiger partial charge is 0.100 e. The third-order valence-corrected chi connectivity index (χ3v) is 2.50. The van der Waals surface area contributed by atoms with Crippen LogP contribution in [0.4, 0.5) is 4.39 Å². The number of hydrogen-bond acceptors (Lipinski definition) is 0. The molecule has 0 aromatic carbocycles. The highest BCUT2D eigenvalue weighted by Crippen LogP contribution is 2.25. The van der Waals surface area contributed by atoms with Crippen LogP contribution in [0.15, 0.2) is 0 Å². The van der Waals surface area contributed by atoms with Crippen LogP contribution in [-0.4, -0.2) is 11.0 Å². The Balaban J connectivity index is 2.19. The summed E-state index contributed by atoms with van der Waals surface area (Å²) in [5.74, 6) is 0. The quantitative estimate of drug-likeness (QED) is 0.504. The first-order valence-corrected chi connectivity index (χ1v) is 3.99. The van der Waals surface area contributed by atoms with Gasteiger partial charge >= 0.3 is 0 Å². The van der Waals surface area contributed by atoms with Gasteiger partial charge in [0, 0.05) is 4.83 Å². The van der Waals surface area contributed by atoms with Crippen LogP contribution in [0.2, 0.25) is 0 Å². The van der Waals surface area contributed by atoms with Crippen LogP contribution >= 0.6 is 15.9 Å². The molecule has 1 fully saturated rings. The van der Waals surface area contributed by atoms with E-state index in [9.17, 15) is 4.39 Å². The average Bonchev–Trinajstić information content (AvgIpc) is 1.77. The van der Waals surface area contributed by atoms with E-state index in [1.165, 1.54) is 0 Å². The largest absolute Gasteiger partial charge is 0.247 e. The normalized spacial score (nSPS) is 39.8. The van der Waals surface area contributed by atoms with Crippen molar-refractivity contribution in [1.82, 2.24) is 0 Å². The number of alkyl halides is 2. The summed E-state index contributed by atoms with van der Waals surface area (Å²) in [5, 5.41) is 0. The second-order valence-corrected chi connectivity index (χ2v) is 3.64. The minimum atomic E-state index is -0.510. The molecule has 0 spiro atoms. The van der Waals surface area contributed by atoms with Gasteiger partial charge in [-0.3, -0.25) is 0 Å². The monoisotopic (exact) mass is 180 g/mol. The Bertz CT molecular complexity index is 56.9. The maximum Gasteiger partial charge on any atom is 0.100 e. The third kappa shape index (κ3) is 1.73. The predicted molar refractivity (Wildman–Crippen MR) is 36.1 cm³/mol. The molecular formula is C6H10BrF. The lowest BCUT2D eigenvalue weighted by atomic mass is 9.99. The number of rotatable bonds is 0. The van der Waals surface area contributed by atoms with Crippen molar-refractivity contribution in [3.05, 3.63) is 0 Å². The Morgan fingerprint density at radius 2 is 1.62 bits per heavy atom. The molecule has 1 rings (SSSR count).